The van der Waals surface area contributed by atoms with Crippen LogP contribution in [0.3, 0.4) is 0 Å². The molecule has 2 rings (SSSR count). The van der Waals surface area contributed by atoms with Gasteiger partial charge in [-0.05, 0) is 13.8 Å². The lowest BCUT2D eigenvalue weighted by molar-refractivity contribution is 1.12. The molecule has 0 spiro atoms. The Morgan fingerprint density at radius 2 is 2.09 bits per heavy atom. The molecule has 4 nitrogen and oxygen atoms in total. The number of aromatic amines is 1. The molecule has 2 aromatic heterocycles. The maximum absolute atomic E-state index is 4.21. The quantitative estimate of drug-likeness (QED) is 0.598. The topological polar surface area (TPSA) is 54.5 Å². The van der Waals surface area contributed by atoms with Crippen LogP contribution in [0.15, 0.2) is 0 Å². The van der Waals surface area contributed by atoms with Crippen molar-refractivity contribution in [3.8, 4) is 0 Å². The highest BCUT2D eigenvalue weighted by Crippen LogP contribution is 2.08. The maximum atomic E-state index is 4.21. The number of aryl methyl sites for hydroxylation is 2. The third kappa shape index (κ3) is 0.869. The van der Waals surface area contributed by atoms with E-state index in [9.17, 15) is 0 Å². The van der Waals surface area contributed by atoms with Gasteiger partial charge in [-0.2, -0.15) is 0 Å². The Bertz CT molecular complexity index is 390. The minimum Gasteiger partial charge on any atom is -0.327 e. The number of nitrogens with zero attached hydrogens (tertiary/aromatic N) is 3. The molecule has 1 N–H and O–H groups in total. The maximum Gasteiger partial charge on any atom is 0.200 e. The van der Waals surface area contributed by atoms with Crippen molar-refractivity contribution < 1.29 is 0 Å². The van der Waals surface area contributed by atoms with E-state index in [2.05, 4.69) is 26.3 Å². The van der Waals surface area contributed by atoms with Gasteiger partial charge >= 0.3 is 0 Å². The molecule has 0 atom stereocenters. The first-order valence-corrected chi connectivity index (χ1v) is 3.34. The number of fused-ring (bicyclic) bond motifs is 1. The first-order chi connectivity index (χ1) is 5.27. The van der Waals surface area contributed by atoms with Gasteiger partial charge in [0.05, 0.1) is 5.69 Å². The molecule has 0 bridgehead atoms. The average molecular weight is 147 g/mol. The highest BCUT2D eigenvalue weighted by Gasteiger charge is 2.02. The molecular weight excluding hydrogens is 140 g/mol. The molecule has 2 aromatic rings. The zero-order valence-electron chi connectivity index (χ0n) is 6.34. The number of hydrogen-bond donors (Lipinski definition) is 1. The molecule has 0 saturated carbocycles. The first kappa shape index (κ1) is 6.27. The highest BCUT2D eigenvalue weighted by molar-refractivity contribution is 5.72. The van der Waals surface area contributed by atoms with Gasteiger partial charge in [0.1, 0.15) is 11.3 Å². The van der Waals surface area contributed by atoms with E-state index in [1.807, 2.05) is 13.8 Å². The Morgan fingerprint density at radius 3 is 2.82 bits per heavy atom. The zero-order chi connectivity index (χ0) is 7.84. The predicted octanol–water partition coefficient (Wildman–Crippen LogP) is 0.770. The lowest BCUT2D eigenvalue weighted by atomic mass is 10.4. The van der Waals surface area contributed by atoms with E-state index >= 15 is 0 Å². The van der Waals surface area contributed by atoms with Crippen LogP contribution in [0.25, 0.3) is 11.2 Å². The summed E-state index contributed by atoms with van der Waals surface area (Å²) in [4.78, 5) is 15.0. The van der Waals surface area contributed by atoms with Crippen LogP contribution in [0, 0.1) is 20.2 Å². The van der Waals surface area contributed by atoms with Crippen LogP contribution in [0.1, 0.15) is 11.5 Å². The molecular formula is C7H7N4. The van der Waals surface area contributed by atoms with E-state index in [1.54, 1.807) is 0 Å². The third-order valence-corrected chi connectivity index (χ3v) is 1.53. The minimum atomic E-state index is 0.759. The second-order valence-electron chi connectivity index (χ2n) is 2.43. The fourth-order valence-corrected chi connectivity index (χ4v) is 1.02. The second-order valence-corrected chi connectivity index (χ2v) is 2.43. The highest BCUT2D eigenvalue weighted by atomic mass is 15.0. The number of hydrogen-bond acceptors (Lipinski definition) is 3. The van der Waals surface area contributed by atoms with Gasteiger partial charge in [-0.15, -0.1) is 0 Å². The smallest absolute Gasteiger partial charge is 0.200 e. The normalized spacial score (nSPS) is 10.7. The van der Waals surface area contributed by atoms with Crippen LogP contribution in [0.5, 0.6) is 0 Å². The largest absolute Gasteiger partial charge is 0.327 e. The van der Waals surface area contributed by atoms with Crippen LogP contribution < -0.4 is 0 Å². The fourth-order valence-electron chi connectivity index (χ4n) is 1.02. The third-order valence-electron chi connectivity index (χ3n) is 1.53. The number of nitrogens with one attached hydrogen (secondary N) is 1. The van der Waals surface area contributed by atoms with E-state index in [1.165, 1.54) is 0 Å². The van der Waals surface area contributed by atoms with Gasteiger partial charge in [0.2, 0.25) is 0 Å². The Labute approximate surface area is 63.7 Å². The molecule has 4 heteroatoms. The lowest BCUT2D eigenvalue weighted by Crippen LogP contribution is -1.85. The number of H-pyrrole nitrogens is 1. The molecule has 0 aromatic carbocycles. The van der Waals surface area contributed by atoms with Crippen LogP contribution in [0.4, 0.5) is 0 Å². The molecule has 0 aliphatic carbocycles. The summed E-state index contributed by atoms with van der Waals surface area (Å²) in [6, 6.07) is 0. The van der Waals surface area contributed by atoms with Gasteiger partial charge < -0.3 is 4.98 Å². The number of aromatic nitrogens is 4. The van der Waals surface area contributed by atoms with Crippen LogP contribution >= 0.6 is 0 Å². The predicted molar refractivity (Wildman–Crippen MR) is 40.0 cm³/mol. The second kappa shape index (κ2) is 2.02. The van der Waals surface area contributed by atoms with Gasteiger partial charge in [0.25, 0.3) is 0 Å². The summed E-state index contributed by atoms with van der Waals surface area (Å²) in [5, 5.41) is 0. The Morgan fingerprint density at radius 1 is 1.27 bits per heavy atom. The zero-order valence-corrected chi connectivity index (χ0v) is 6.34. The van der Waals surface area contributed by atoms with Crippen molar-refractivity contribution in [1.82, 2.24) is 19.9 Å². The SMILES string of the molecule is Cc1nc2c(C)n[c]nc2[nH]1. The van der Waals surface area contributed by atoms with E-state index < -0.39 is 0 Å². The summed E-state index contributed by atoms with van der Waals surface area (Å²) in [5.74, 6) is 0.858. The molecule has 0 aliphatic rings. The Balaban J connectivity index is 2.90. The summed E-state index contributed by atoms with van der Waals surface area (Å²) in [6.45, 7) is 3.78. The van der Waals surface area contributed by atoms with Crippen LogP contribution in [-0.4, -0.2) is 19.9 Å². The molecule has 0 amide bonds. The van der Waals surface area contributed by atoms with E-state index in [4.69, 9.17) is 0 Å². The number of imidazole rings is 1. The van der Waals surface area contributed by atoms with E-state index in [0.29, 0.717) is 0 Å². The first-order valence-electron chi connectivity index (χ1n) is 3.34. The molecule has 1 radical (unpaired) electrons. The Hall–Kier alpha value is -1.45. The number of rotatable bonds is 0. The monoisotopic (exact) mass is 147 g/mol. The summed E-state index contributed by atoms with van der Waals surface area (Å²) in [7, 11) is 0. The van der Waals surface area contributed by atoms with Crippen LogP contribution in [0.2, 0.25) is 0 Å². The fraction of sp³-hybridized carbons (Fsp3) is 0.286. The lowest BCUT2D eigenvalue weighted by Gasteiger charge is -1.87. The van der Waals surface area contributed by atoms with Gasteiger partial charge in [-0.1, -0.05) is 0 Å². The van der Waals surface area contributed by atoms with E-state index in [-0.39, 0.29) is 0 Å². The summed E-state index contributed by atoms with van der Waals surface area (Å²) in [5.41, 5.74) is 2.45. The van der Waals surface area contributed by atoms with Gasteiger partial charge in [-0.3, -0.25) is 0 Å². The summed E-state index contributed by atoms with van der Waals surface area (Å²) >= 11 is 0. The average Bonchev–Trinajstić information content (AvgIpc) is 2.31. The van der Waals surface area contributed by atoms with E-state index in [0.717, 1.165) is 22.7 Å². The van der Waals surface area contributed by atoms with Crippen LogP contribution in [-0.2, 0) is 0 Å². The van der Waals surface area contributed by atoms with Crippen molar-refractivity contribution in [3.05, 3.63) is 17.8 Å². The van der Waals surface area contributed by atoms with Crippen molar-refractivity contribution >= 4 is 11.2 Å². The molecule has 0 unspecified atom stereocenters. The van der Waals surface area contributed by atoms with Crippen molar-refractivity contribution in [3.63, 3.8) is 0 Å². The van der Waals surface area contributed by atoms with Crippen molar-refractivity contribution in [2.45, 2.75) is 13.8 Å². The summed E-state index contributed by atoms with van der Waals surface area (Å²) in [6.07, 6.45) is 2.55. The van der Waals surface area contributed by atoms with Crippen molar-refractivity contribution in [2.24, 2.45) is 0 Å². The van der Waals surface area contributed by atoms with Crippen molar-refractivity contribution in [1.29, 1.82) is 0 Å². The molecule has 0 aliphatic heterocycles. The molecule has 0 fully saturated rings. The molecule has 11 heavy (non-hydrogen) atoms. The molecule has 55 valence electrons. The summed E-state index contributed by atoms with van der Waals surface area (Å²) < 4.78 is 0. The molecule has 0 saturated heterocycles. The standard InChI is InChI=1S/C7H7N4/c1-4-6-7(9-3-8-4)11-5(2)10-6/h1-2H3,(H,8,9,10,11). The van der Waals surface area contributed by atoms with Crippen molar-refractivity contribution in [2.75, 3.05) is 0 Å². The molecule has 2 heterocycles. The van der Waals surface area contributed by atoms with Gasteiger partial charge in [0, 0.05) is 0 Å². The minimum absolute atomic E-state index is 0.759. The van der Waals surface area contributed by atoms with Gasteiger partial charge in [0.15, 0.2) is 12.0 Å². The Kier molecular flexibility index (Phi) is 1.15. The van der Waals surface area contributed by atoms with Gasteiger partial charge in [-0.25, -0.2) is 15.0 Å².